The van der Waals surface area contributed by atoms with Gasteiger partial charge in [-0.25, -0.2) is 19.3 Å². The number of anilines is 1. The molecular formula is C11H14FN5O3. The molecule has 3 rings (SSSR count). The van der Waals surface area contributed by atoms with Crippen LogP contribution in [0.1, 0.15) is 6.23 Å². The highest BCUT2D eigenvalue weighted by Gasteiger charge is 2.45. The van der Waals surface area contributed by atoms with Crippen LogP contribution in [-0.2, 0) is 4.74 Å². The highest BCUT2D eigenvalue weighted by Crippen LogP contribution is 2.37. The maximum absolute atomic E-state index is 14.4. The van der Waals surface area contributed by atoms with E-state index in [0.29, 0.717) is 11.2 Å². The number of nitrogens with two attached hydrogens (primary N) is 1. The minimum atomic E-state index is -1.48. The minimum absolute atomic E-state index is 0.194. The van der Waals surface area contributed by atoms with E-state index in [9.17, 15) is 14.6 Å². The number of rotatable bonds is 3. The zero-order valence-electron chi connectivity index (χ0n) is 10.4. The van der Waals surface area contributed by atoms with Gasteiger partial charge in [-0.05, 0) is 0 Å². The largest absolute Gasteiger partial charge is 0.396 e. The molecule has 20 heavy (non-hydrogen) atoms. The van der Waals surface area contributed by atoms with Crippen LogP contribution in [0.15, 0.2) is 12.7 Å². The van der Waals surface area contributed by atoms with E-state index in [4.69, 9.17) is 10.5 Å². The smallest absolute Gasteiger partial charge is 0.168 e. The summed E-state index contributed by atoms with van der Waals surface area (Å²) in [6.07, 6.45) is -0.641. The summed E-state index contributed by atoms with van der Waals surface area (Å²) in [4.78, 5) is 11.9. The van der Waals surface area contributed by atoms with E-state index in [1.807, 2.05) is 0 Å². The van der Waals surface area contributed by atoms with Crippen molar-refractivity contribution < 1.29 is 19.3 Å². The van der Waals surface area contributed by atoms with Crippen LogP contribution in [0.25, 0.3) is 11.2 Å². The van der Waals surface area contributed by atoms with Crippen LogP contribution in [0, 0.1) is 5.92 Å². The Kier molecular flexibility index (Phi) is 3.24. The van der Waals surface area contributed by atoms with Gasteiger partial charge in [0.25, 0.3) is 0 Å². The lowest BCUT2D eigenvalue weighted by atomic mass is 10.0. The van der Waals surface area contributed by atoms with Crippen molar-refractivity contribution in [1.82, 2.24) is 19.5 Å². The van der Waals surface area contributed by atoms with Crippen molar-refractivity contribution in [3.8, 4) is 0 Å². The molecule has 0 saturated carbocycles. The number of fused-ring (bicyclic) bond motifs is 1. The van der Waals surface area contributed by atoms with Gasteiger partial charge in [0.2, 0.25) is 0 Å². The Bertz CT molecular complexity index is 621. The lowest BCUT2D eigenvalue weighted by molar-refractivity contribution is -0.0403. The molecular weight excluding hydrogens is 269 g/mol. The monoisotopic (exact) mass is 283 g/mol. The summed E-state index contributed by atoms with van der Waals surface area (Å²) < 4.78 is 21.2. The number of nitrogens with zero attached hydrogens (tertiary/aromatic N) is 4. The van der Waals surface area contributed by atoms with Crippen LogP contribution in [0.3, 0.4) is 0 Å². The Balaban J connectivity index is 2.01. The lowest BCUT2D eigenvalue weighted by Gasteiger charge is -2.15. The third kappa shape index (κ3) is 1.82. The first-order valence-electron chi connectivity index (χ1n) is 6.11. The second-order valence-corrected chi connectivity index (χ2v) is 4.62. The van der Waals surface area contributed by atoms with Gasteiger partial charge >= 0.3 is 0 Å². The van der Waals surface area contributed by atoms with Crippen molar-refractivity contribution >= 4 is 17.0 Å². The molecule has 0 amide bonds. The zero-order chi connectivity index (χ0) is 14.3. The molecule has 9 heteroatoms. The number of hydrogen-bond donors (Lipinski definition) is 3. The summed E-state index contributed by atoms with van der Waals surface area (Å²) >= 11 is 0. The summed E-state index contributed by atoms with van der Waals surface area (Å²) in [6.45, 7) is -0.779. The molecule has 4 unspecified atom stereocenters. The normalized spacial score (nSPS) is 30.1. The van der Waals surface area contributed by atoms with Crippen molar-refractivity contribution in [1.29, 1.82) is 0 Å². The van der Waals surface area contributed by atoms with Crippen molar-refractivity contribution in [2.75, 3.05) is 18.9 Å². The van der Waals surface area contributed by atoms with Gasteiger partial charge in [0, 0.05) is 5.92 Å². The third-order valence-corrected chi connectivity index (χ3v) is 3.53. The quantitative estimate of drug-likeness (QED) is 0.677. The molecule has 1 aliphatic heterocycles. The second kappa shape index (κ2) is 4.93. The van der Waals surface area contributed by atoms with Gasteiger partial charge in [0.15, 0.2) is 23.9 Å². The van der Waals surface area contributed by atoms with E-state index < -0.39 is 31.0 Å². The van der Waals surface area contributed by atoms with E-state index in [0.717, 1.165) is 0 Å². The molecule has 4 atom stereocenters. The molecule has 0 spiro atoms. The Labute approximate surface area is 113 Å². The van der Waals surface area contributed by atoms with Gasteiger partial charge in [-0.15, -0.1) is 0 Å². The maximum atomic E-state index is 14.4. The molecule has 2 aromatic rings. The molecule has 1 saturated heterocycles. The third-order valence-electron chi connectivity index (χ3n) is 3.53. The summed E-state index contributed by atoms with van der Waals surface area (Å²) in [5.74, 6) is -0.596. The Morgan fingerprint density at radius 3 is 2.75 bits per heavy atom. The molecule has 3 heterocycles. The summed E-state index contributed by atoms with van der Waals surface area (Å²) in [7, 11) is 0. The predicted molar refractivity (Wildman–Crippen MR) is 66.2 cm³/mol. The highest BCUT2D eigenvalue weighted by atomic mass is 19.1. The van der Waals surface area contributed by atoms with Crippen molar-refractivity contribution in [3.05, 3.63) is 12.7 Å². The molecule has 4 N–H and O–H groups in total. The minimum Gasteiger partial charge on any atom is -0.396 e. The zero-order valence-corrected chi connectivity index (χ0v) is 10.4. The molecule has 0 radical (unpaired) electrons. The summed E-state index contributed by atoms with van der Waals surface area (Å²) in [5.41, 5.74) is 6.37. The van der Waals surface area contributed by atoms with Crippen LogP contribution in [0.4, 0.5) is 10.2 Å². The van der Waals surface area contributed by atoms with E-state index in [1.54, 1.807) is 0 Å². The highest BCUT2D eigenvalue weighted by molar-refractivity contribution is 5.81. The van der Waals surface area contributed by atoms with Gasteiger partial charge in [-0.3, -0.25) is 4.57 Å². The average Bonchev–Trinajstić information content (AvgIpc) is 3.00. The molecule has 0 aromatic carbocycles. The van der Waals surface area contributed by atoms with Crippen LogP contribution in [-0.4, -0.2) is 55.2 Å². The number of aromatic nitrogens is 4. The molecule has 0 aliphatic carbocycles. The van der Waals surface area contributed by atoms with Crippen LogP contribution < -0.4 is 5.73 Å². The average molecular weight is 283 g/mol. The number of aliphatic hydroxyl groups excluding tert-OH is 2. The molecule has 1 fully saturated rings. The second-order valence-electron chi connectivity index (χ2n) is 4.62. The fourth-order valence-electron chi connectivity index (χ4n) is 2.44. The summed E-state index contributed by atoms with van der Waals surface area (Å²) in [5, 5.41) is 18.4. The number of nitrogen functional groups attached to an aromatic ring is 1. The van der Waals surface area contributed by atoms with Gasteiger partial charge in [-0.2, -0.15) is 0 Å². The maximum Gasteiger partial charge on any atom is 0.168 e. The topological polar surface area (TPSA) is 119 Å². The van der Waals surface area contributed by atoms with E-state index in [2.05, 4.69) is 15.0 Å². The van der Waals surface area contributed by atoms with Crippen molar-refractivity contribution in [2.45, 2.75) is 18.5 Å². The predicted octanol–water partition coefficient (Wildman–Crippen LogP) is -0.755. The van der Waals surface area contributed by atoms with Crippen LogP contribution in [0.2, 0.25) is 0 Å². The molecule has 108 valence electrons. The van der Waals surface area contributed by atoms with Crippen LogP contribution in [0.5, 0.6) is 0 Å². The van der Waals surface area contributed by atoms with Gasteiger partial charge in [0.05, 0.1) is 25.6 Å². The standard InChI is InChI=1S/C11H14FN5O3/c12-7-5(1-18)6(2-19)20-11(7)17-4-16-8-9(13)14-3-15-10(8)17/h3-7,11,18-19H,1-2H2,(H2,13,14,15). The Morgan fingerprint density at radius 1 is 1.30 bits per heavy atom. The molecule has 0 bridgehead atoms. The van der Waals surface area contributed by atoms with E-state index >= 15 is 0 Å². The first-order chi connectivity index (χ1) is 9.67. The van der Waals surface area contributed by atoms with Crippen molar-refractivity contribution in [2.24, 2.45) is 5.92 Å². The molecule has 1 aliphatic rings. The van der Waals surface area contributed by atoms with Crippen molar-refractivity contribution in [3.63, 3.8) is 0 Å². The van der Waals surface area contributed by atoms with E-state index in [1.165, 1.54) is 17.2 Å². The number of hydrogen-bond acceptors (Lipinski definition) is 7. The molecule has 8 nitrogen and oxygen atoms in total. The lowest BCUT2D eigenvalue weighted by Crippen LogP contribution is -2.28. The number of halogens is 1. The van der Waals surface area contributed by atoms with Gasteiger partial charge < -0.3 is 20.7 Å². The van der Waals surface area contributed by atoms with Gasteiger partial charge in [0.1, 0.15) is 11.8 Å². The number of imidazole rings is 1. The Hall–Kier alpha value is -1.84. The summed E-state index contributed by atoms with van der Waals surface area (Å²) in [6, 6.07) is 0. The van der Waals surface area contributed by atoms with Gasteiger partial charge in [-0.1, -0.05) is 0 Å². The van der Waals surface area contributed by atoms with E-state index in [-0.39, 0.29) is 12.4 Å². The first kappa shape index (κ1) is 13.2. The van der Waals surface area contributed by atoms with Crippen LogP contribution >= 0.6 is 0 Å². The fourth-order valence-corrected chi connectivity index (χ4v) is 2.44. The number of ether oxygens (including phenoxy) is 1. The SMILES string of the molecule is Nc1ncnc2c1ncn2C1OC(CO)C(CO)C1F. The first-order valence-corrected chi connectivity index (χ1v) is 6.11. The Morgan fingerprint density at radius 2 is 2.10 bits per heavy atom. The fraction of sp³-hybridized carbons (Fsp3) is 0.545. The number of alkyl halides is 1. The molecule has 2 aromatic heterocycles. The number of aliphatic hydroxyl groups is 2.